The van der Waals surface area contributed by atoms with Gasteiger partial charge in [0, 0.05) is 25.2 Å². The number of rotatable bonds is 3. The van der Waals surface area contributed by atoms with Crippen molar-refractivity contribution in [1.82, 2.24) is 0 Å². The summed E-state index contributed by atoms with van der Waals surface area (Å²) >= 11 is 0. The zero-order valence-electron chi connectivity index (χ0n) is 11.4. The molecule has 0 bridgehead atoms. The van der Waals surface area contributed by atoms with Crippen LogP contribution in [0.2, 0.25) is 0 Å². The molecule has 0 spiro atoms. The molecule has 20 heavy (non-hydrogen) atoms. The molecule has 1 aliphatic heterocycles. The van der Waals surface area contributed by atoms with Gasteiger partial charge < -0.3 is 10.1 Å². The van der Waals surface area contributed by atoms with Crippen molar-refractivity contribution in [2.24, 2.45) is 0 Å². The van der Waals surface area contributed by atoms with Crippen LogP contribution in [-0.2, 0) is 0 Å². The average Bonchev–Trinajstić information content (AvgIpc) is 3.03. The molecule has 0 unspecified atom stereocenters. The summed E-state index contributed by atoms with van der Waals surface area (Å²) in [5.74, 6) is 0. The summed E-state index contributed by atoms with van der Waals surface area (Å²) in [5.41, 5.74) is 2.79. The molecule has 0 aliphatic carbocycles. The molecular weight excluding hydrogens is 248 g/mol. The second-order valence-electron chi connectivity index (χ2n) is 5.04. The number of anilines is 1. The van der Waals surface area contributed by atoms with E-state index in [1.807, 2.05) is 48.5 Å². The third kappa shape index (κ3) is 2.67. The summed E-state index contributed by atoms with van der Waals surface area (Å²) in [4.78, 5) is 2.35. The van der Waals surface area contributed by atoms with Gasteiger partial charge in [-0.25, -0.2) is 0 Å². The van der Waals surface area contributed by atoms with Gasteiger partial charge in [0.25, 0.3) is 0 Å². The van der Waals surface area contributed by atoms with Gasteiger partial charge in [-0.3, -0.25) is 0 Å². The number of hydrogen-bond acceptors (Lipinski definition) is 2. The zero-order chi connectivity index (χ0) is 13.8. The first-order valence-electron chi connectivity index (χ1n) is 7.05. The summed E-state index contributed by atoms with van der Waals surface area (Å²) in [7, 11) is 0. The van der Waals surface area contributed by atoms with Crippen molar-refractivity contribution in [2.45, 2.75) is 12.8 Å². The predicted molar refractivity (Wildman–Crippen MR) is 82.8 cm³/mol. The van der Waals surface area contributed by atoms with E-state index in [-0.39, 0.29) is 0 Å². The molecule has 0 N–H and O–H groups in total. The highest BCUT2D eigenvalue weighted by Gasteiger charge is 2.15. The van der Waals surface area contributed by atoms with Crippen molar-refractivity contribution in [1.29, 1.82) is 0 Å². The number of nitrogens with zero attached hydrogens (tertiary/aromatic N) is 2. The van der Waals surface area contributed by atoms with Gasteiger partial charge in [0.15, 0.2) is 6.21 Å². The molecule has 3 heteroatoms. The Bertz CT molecular complexity index is 601. The minimum Gasteiger partial charge on any atom is -0.618 e. The standard InChI is InChI=1S/C17H18N2O/c20-19(16-9-2-1-3-10-16)14-15-8-4-5-11-17(15)18-12-6-7-13-18/h1-5,8-11,14H,6-7,12-13H2/b19-14-. The van der Waals surface area contributed by atoms with Gasteiger partial charge in [-0.15, -0.1) is 0 Å². The van der Waals surface area contributed by atoms with Gasteiger partial charge in [0.2, 0.25) is 5.69 Å². The van der Waals surface area contributed by atoms with Crippen LogP contribution < -0.4 is 4.90 Å². The van der Waals surface area contributed by atoms with Crippen LogP contribution in [0.3, 0.4) is 0 Å². The average molecular weight is 266 g/mol. The van der Waals surface area contributed by atoms with Gasteiger partial charge in [-0.05, 0) is 25.0 Å². The van der Waals surface area contributed by atoms with Gasteiger partial charge in [0.05, 0.1) is 11.3 Å². The van der Waals surface area contributed by atoms with Gasteiger partial charge in [-0.2, -0.15) is 4.74 Å². The van der Waals surface area contributed by atoms with Crippen molar-refractivity contribution in [3.63, 3.8) is 0 Å². The second-order valence-corrected chi connectivity index (χ2v) is 5.04. The van der Waals surface area contributed by atoms with E-state index in [1.54, 1.807) is 6.21 Å². The second kappa shape index (κ2) is 5.78. The Kier molecular flexibility index (Phi) is 3.68. The Morgan fingerprint density at radius 3 is 2.30 bits per heavy atom. The lowest BCUT2D eigenvalue weighted by Gasteiger charge is -2.19. The molecule has 1 aliphatic rings. The fraction of sp³-hybridized carbons (Fsp3) is 0.235. The van der Waals surface area contributed by atoms with E-state index in [0.29, 0.717) is 5.69 Å². The first-order chi connectivity index (χ1) is 9.84. The van der Waals surface area contributed by atoms with E-state index in [4.69, 9.17) is 0 Å². The highest BCUT2D eigenvalue weighted by Crippen LogP contribution is 2.23. The van der Waals surface area contributed by atoms with E-state index in [0.717, 1.165) is 29.1 Å². The minimum atomic E-state index is 0.656. The SMILES string of the molecule is [O-]/[N+](=C\c1ccccc1N1CCCC1)c1ccccc1. The molecule has 0 saturated carbocycles. The summed E-state index contributed by atoms with van der Waals surface area (Å²) in [6.07, 6.45) is 4.13. The van der Waals surface area contributed by atoms with Crippen LogP contribution in [0.4, 0.5) is 11.4 Å². The maximum Gasteiger partial charge on any atom is 0.216 e. The number of hydrogen-bond donors (Lipinski definition) is 0. The maximum absolute atomic E-state index is 12.2. The van der Waals surface area contributed by atoms with E-state index >= 15 is 0 Å². The molecule has 3 rings (SSSR count). The third-order valence-electron chi connectivity index (χ3n) is 3.65. The molecular formula is C17H18N2O. The van der Waals surface area contributed by atoms with Crippen LogP contribution in [0.15, 0.2) is 54.6 Å². The smallest absolute Gasteiger partial charge is 0.216 e. The van der Waals surface area contributed by atoms with Crippen LogP contribution in [0.5, 0.6) is 0 Å². The lowest BCUT2D eigenvalue weighted by molar-refractivity contribution is -0.354. The Labute approximate surface area is 119 Å². The lowest BCUT2D eigenvalue weighted by atomic mass is 10.1. The molecule has 3 nitrogen and oxygen atoms in total. The molecule has 0 atom stereocenters. The van der Waals surface area contributed by atoms with Crippen molar-refractivity contribution in [3.05, 3.63) is 65.4 Å². The monoisotopic (exact) mass is 266 g/mol. The Morgan fingerprint density at radius 2 is 1.55 bits per heavy atom. The Morgan fingerprint density at radius 1 is 0.900 bits per heavy atom. The maximum atomic E-state index is 12.2. The predicted octanol–water partition coefficient (Wildman–Crippen LogP) is 3.55. The third-order valence-corrected chi connectivity index (χ3v) is 3.65. The molecule has 2 aromatic carbocycles. The normalized spacial score (nSPS) is 15.6. The Balaban J connectivity index is 1.94. The van der Waals surface area contributed by atoms with Gasteiger partial charge in [-0.1, -0.05) is 30.3 Å². The minimum absolute atomic E-state index is 0.656. The van der Waals surface area contributed by atoms with Gasteiger partial charge >= 0.3 is 0 Å². The fourth-order valence-electron chi connectivity index (χ4n) is 2.62. The summed E-state index contributed by atoms with van der Waals surface area (Å²) in [5, 5.41) is 12.2. The van der Waals surface area contributed by atoms with Crippen molar-refractivity contribution < 1.29 is 4.74 Å². The molecule has 1 saturated heterocycles. The summed E-state index contributed by atoms with van der Waals surface area (Å²) < 4.78 is 0.939. The summed E-state index contributed by atoms with van der Waals surface area (Å²) in [6, 6.07) is 17.4. The lowest BCUT2D eigenvalue weighted by Crippen LogP contribution is -2.19. The van der Waals surface area contributed by atoms with E-state index < -0.39 is 0 Å². The van der Waals surface area contributed by atoms with E-state index in [9.17, 15) is 5.21 Å². The molecule has 1 fully saturated rings. The first-order valence-corrected chi connectivity index (χ1v) is 7.05. The molecule has 2 aromatic rings. The van der Waals surface area contributed by atoms with E-state index in [1.165, 1.54) is 12.8 Å². The first kappa shape index (κ1) is 12.7. The quantitative estimate of drug-likeness (QED) is 0.368. The molecule has 0 amide bonds. The molecule has 0 radical (unpaired) electrons. The fourth-order valence-corrected chi connectivity index (χ4v) is 2.62. The molecule has 102 valence electrons. The summed E-state index contributed by atoms with van der Waals surface area (Å²) in [6.45, 7) is 2.16. The topological polar surface area (TPSA) is 29.3 Å². The number of benzene rings is 2. The van der Waals surface area contributed by atoms with E-state index in [2.05, 4.69) is 11.0 Å². The van der Waals surface area contributed by atoms with Crippen LogP contribution >= 0.6 is 0 Å². The highest BCUT2D eigenvalue weighted by atomic mass is 16.5. The van der Waals surface area contributed by atoms with Crippen LogP contribution in [0, 0.1) is 5.21 Å². The van der Waals surface area contributed by atoms with Crippen LogP contribution in [-0.4, -0.2) is 24.0 Å². The van der Waals surface area contributed by atoms with Crippen molar-refractivity contribution >= 4 is 17.6 Å². The highest BCUT2D eigenvalue weighted by molar-refractivity contribution is 5.85. The van der Waals surface area contributed by atoms with Crippen LogP contribution in [0.25, 0.3) is 0 Å². The van der Waals surface area contributed by atoms with Crippen molar-refractivity contribution in [2.75, 3.05) is 18.0 Å². The molecule has 0 aromatic heterocycles. The Hall–Kier alpha value is -2.29. The van der Waals surface area contributed by atoms with Crippen LogP contribution in [0.1, 0.15) is 18.4 Å². The number of para-hydroxylation sites is 2. The zero-order valence-corrected chi connectivity index (χ0v) is 11.4. The largest absolute Gasteiger partial charge is 0.618 e. The van der Waals surface area contributed by atoms with Gasteiger partial charge in [0.1, 0.15) is 0 Å². The molecule has 1 heterocycles. The van der Waals surface area contributed by atoms with Crippen molar-refractivity contribution in [3.8, 4) is 0 Å².